The molecular formula is C9H13NO3S. The number of carboxylic acids is 1. The summed E-state index contributed by atoms with van der Waals surface area (Å²) >= 11 is 1.18. The fraction of sp³-hybridized carbons (Fsp3) is 0.556. The monoisotopic (exact) mass is 215 g/mol. The molecule has 1 aromatic rings. The fourth-order valence-corrected chi connectivity index (χ4v) is 2.14. The summed E-state index contributed by atoms with van der Waals surface area (Å²) in [6.45, 7) is 4.23. The van der Waals surface area contributed by atoms with Crippen LogP contribution in [0.4, 0.5) is 0 Å². The number of nitrogens with zero attached hydrogens (tertiary/aromatic N) is 1. The molecule has 5 heteroatoms. The molecule has 0 spiro atoms. The maximum atomic E-state index is 10.9. The lowest BCUT2D eigenvalue weighted by Gasteiger charge is -2.00. The largest absolute Gasteiger partial charge is 0.477 e. The van der Waals surface area contributed by atoms with Crippen LogP contribution in [0, 0.1) is 0 Å². The van der Waals surface area contributed by atoms with Gasteiger partial charge in [0.15, 0.2) is 0 Å². The highest BCUT2D eigenvalue weighted by Gasteiger charge is 2.19. The quantitative estimate of drug-likeness (QED) is 0.835. The Morgan fingerprint density at radius 1 is 1.64 bits per heavy atom. The lowest BCUT2D eigenvalue weighted by atomic mass is 10.1. The number of carbonyl (C=O) groups is 1. The zero-order valence-corrected chi connectivity index (χ0v) is 9.22. The van der Waals surface area contributed by atoms with E-state index in [0.29, 0.717) is 22.2 Å². The van der Waals surface area contributed by atoms with Gasteiger partial charge in [-0.05, 0) is 5.92 Å². The van der Waals surface area contributed by atoms with Crippen LogP contribution in [0.2, 0.25) is 0 Å². The van der Waals surface area contributed by atoms with Gasteiger partial charge >= 0.3 is 5.97 Å². The second-order valence-corrected chi connectivity index (χ2v) is 4.30. The molecule has 0 saturated heterocycles. The molecule has 0 saturated carbocycles. The number of thiazole rings is 1. The summed E-state index contributed by atoms with van der Waals surface area (Å²) in [5, 5.41) is 9.64. The molecule has 0 aliphatic carbocycles. The van der Waals surface area contributed by atoms with Crippen molar-refractivity contribution in [3.63, 3.8) is 0 Å². The van der Waals surface area contributed by atoms with Crippen molar-refractivity contribution in [3.8, 4) is 0 Å². The van der Waals surface area contributed by atoms with Crippen LogP contribution in [-0.4, -0.2) is 23.2 Å². The average molecular weight is 215 g/mol. The van der Waals surface area contributed by atoms with Crippen molar-refractivity contribution in [2.45, 2.75) is 26.4 Å². The second kappa shape index (κ2) is 4.52. The van der Waals surface area contributed by atoms with E-state index in [4.69, 9.17) is 9.84 Å². The van der Waals surface area contributed by atoms with Crippen LogP contribution in [0.5, 0.6) is 0 Å². The van der Waals surface area contributed by atoms with Crippen LogP contribution in [0.1, 0.15) is 40.1 Å². The van der Waals surface area contributed by atoms with E-state index in [9.17, 15) is 4.79 Å². The zero-order valence-electron chi connectivity index (χ0n) is 8.40. The molecule has 0 amide bonds. The normalized spacial score (nSPS) is 10.9. The van der Waals surface area contributed by atoms with Crippen molar-refractivity contribution in [1.82, 2.24) is 4.98 Å². The zero-order chi connectivity index (χ0) is 10.7. The van der Waals surface area contributed by atoms with Crippen LogP contribution in [0.25, 0.3) is 0 Å². The molecule has 0 radical (unpaired) electrons. The van der Waals surface area contributed by atoms with Gasteiger partial charge in [0.2, 0.25) is 0 Å². The Labute approximate surface area is 86.6 Å². The molecule has 1 aromatic heterocycles. The Balaban J connectivity index is 3.06. The number of rotatable bonds is 4. The number of carboxylic acid groups (broad SMARTS) is 1. The Kier molecular flexibility index (Phi) is 3.60. The van der Waals surface area contributed by atoms with Gasteiger partial charge in [-0.3, -0.25) is 0 Å². The van der Waals surface area contributed by atoms with E-state index < -0.39 is 5.97 Å². The van der Waals surface area contributed by atoms with Crippen molar-refractivity contribution in [2.24, 2.45) is 0 Å². The molecule has 1 rings (SSSR count). The van der Waals surface area contributed by atoms with Gasteiger partial charge in [0, 0.05) is 7.11 Å². The first-order valence-electron chi connectivity index (χ1n) is 4.28. The number of aromatic nitrogens is 1. The highest BCUT2D eigenvalue weighted by molar-refractivity contribution is 7.13. The molecule has 14 heavy (non-hydrogen) atoms. The molecule has 0 atom stereocenters. The Bertz CT molecular complexity index is 333. The Hall–Kier alpha value is -0.940. The predicted molar refractivity (Wildman–Crippen MR) is 53.9 cm³/mol. The van der Waals surface area contributed by atoms with Crippen LogP contribution in [0.3, 0.4) is 0 Å². The summed E-state index contributed by atoms with van der Waals surface area (Å²) in [4.78, 5) is 15.4. The summed E-state index contributed by atoms with van der Waals surface area (Å²) in [5.41, 5.74) is 0.648. The summed E-state index contributed by atoms with van der Waals surface area (Å²) < 4.78 is 4.91. The number of hydrogen-bond donors (Lipinski definition) is 1. The Morgan fingerprint density at radius 3 is 2.64 bits per heavy atom. The van der Waals surface area contributed by atoms with E-state index in [-0.39, 0.29) is 5.92 Å². The molecule has 1 N–H and O–H groups in total. The van der Waals surface area contributed by atoms with E-state index in [1.165, 1.54) is 11.3 Å². The van der Waals surface area contributed by atoms with E-state index >= 15 is 0 Å². The minimum atomic E-state index is -0.909. The van der Waals surface area contributed by atoms with E-state index in [1.807, 2.05) is 13.8 Å². The van der Waals surface area contributed by atoms with Crippen molar-refractivity contribution >= 4 is 17.3 Å². The minimum Gasteiger partial charge on any atom is -0.477 e. The fourth-order valence-electron chi connectivity index (χ4n) is 1.11. The van der Waals surface area contributed by atoms with Gasteiger partial charge in [-0.15, -0.1) is 11.3 Å². The third kappa shape index (κ3) is 2.30. The maximum Gasteiger partial charge on any atom is 0.347 e. The smallest absolute Gasteiger partial charge is 0.347 e. The maximum absolute atomic E-state index is 10.9. The predicted octanol–water partition coefficient (Wildman–Crippen LogP) is 2.11. The molecule has 0 aliphatic heterocycles. The third-order valence-corrected chi connectivity index (χ3v) is 2.74. The van der Waals surface area contributed by atoms with Crippen molar-refractivity contribution in [1.29, 1.82) is 0 Å². The molecule has 0 aromatic carbocycles. The van der Waals surface area contributed by atoms with E-state index in [0.717, 1.165) is 0 Å². The van der Waals surface area contributed by atoms with Crippen LogP contribution in [0.15, 0.2) is 0 Å². The van der Waals surface area contributed by atoms with Gasteiger partial charge in [-0.1, -0.05) is 13.8 Å². The lowest BCUT2D eigenvalue weighted by Crippen LogP contribution is -2.00. The summed E-state index contributed by atoms with van der Waals surface area (Å²) in [7, 11) is 1.57. The highest BCUT2D eigenvalue weighted by Crippen LogP contribution is 2.25. The SMILES string of the molecule is COCc1nc(C(C)C)c(C(=O)O)s1. The first-order chi connectivity index (χ1) is 6.56. The van der Waals surface area contributed by atoms with Crippen LogP contribution >= 0.6 is 11.3 Å². The van der Waals surface area contributed by atoms with Gasteiger partial charge in [0.1, 0.15) is 9.88 Å². The van der Waals surface area contributed by atoms with Gasteiger partial charge in [0.25, 0.3) is 0 Å². The number of ether oxygens (including phenoxy) is 1. The first-order valence-corrected chi connectivity index (χ1v) is 5.09. The van der Waals surface area contributed by atoms with E-state index in [1.54, 1.807) is 7.11 Å². The molecular weight excluding hydrogens is 202 g/mol. The topological polar surface area (TPSA) is 59.4 Å². The molecule has 1 heterocycles. The number of aromatic carboxylic acids is 1. The molecule has 78 valence electrons. The molecule has 0 bridgehead atoms. The standard InChI is InChI=1S/C9H13NO3S/c1-5(2)7-8(9(11)12)14-6(10-7)4-13-3/h5H,4H2,1-3H3,(H,11,12). The lowest BCUT2D eigenvalue weighted by molar-refractivity contribution is 0.0700. The molecule has 0 unspecified atom stereocenters. The summed E-state index contributed by atoms with van der Waals surface area (Å²) in [5.74, 6) is -0.781. The second-order valence-electron chi connectivity index (χ2n) is 3.21. The van der Waals surface area contributed by atoms with Crippen LogP contribution < -0.4 is 0 Å². The average Bonchev–Trinajstić information content (AvgIpc) is 2.49. The molecule has 0 fully saturated rings. The third-order valence-electron chi connectivity index (χ3n) is 1.71. The van der Waals surface area contributed by atoms with Gasteiger partial charge in [0.05, 0.1) is 12.3 Å². The Morgan fingerprint density at radius 2 is 2.29 bits per heavy atom. The van der Waals surface area contributed by atoms with Crippen molar-refractivity contribution in [2.75, 3.05) is 7.11 Å². The van der Waals surface area contributed by atoms with E-state index in [2.05, 4.69) is 4.98 Å². The highest BCUT2D eigenvalue weighted by atomic mass is 32.1. The summed E-state index contributed by atoms with van der Waals surface area (Å²) in [6.07, 6.45) is 0. The number of hydrogen-bond acceptors (Lipinski definition) is 4. The number of methoxy groups -OCH3 is 1. The van der Waals surface area contributed by atoms with Gasteiger partial charge in [-0.25, -0.2) is 9.78 Å². The van der Waals surface area contributed by atoms with Crippen molar-refractivity contribution in [3.05, 3.63) is 15.6 Å². The van der Waals surface area contributed by atoms with Crippen LogP contribution in [-0.2, 0) is 11.3 Å². The molecule has 4 nitrogen and oxygen atoms in total. The minimum absolute atomic E-state index is 0.128. The summed E-state index contributed by atoms with van der Waals surface area (Å²) in [6, 6.07) is 0. The van der Waals surface area contributed by atoms with Gasteiger partial charge in [-0.2, -0.15) is 0 Å². The first kappa shape index (κ1) is 11.1. The van der Waals surface area contributed by atoms with Crippen molar-refractivity contribution < 1.29 is 14.6 Å². The van der Waals surface area contributed by atoms with Gasteiger partial charge < -0.3 is 9.84 Å². The molecule has 0 aliphatic rings.